The third kappa shape index (κ3) is 5.04. The highest BCUT2D eigenvalue weighted by Crippen LogP contribution is 2.25. The average Bonchev–Trinajstić information content (AvgIpc) is 2.33. The van der Waals surface area contributed by atoms with Crippen molar-refractivity contribution in [1.82, 2.24) is 0 Å². The Hall–Kier alpha value is -0.620. The van der Waals surface area contributed by atoms with Crippen LogP contribution in [0.1, 0.15) is 5.56 Å². The molecule has 0 aliphatic carbocycles. The summed E-state index contributed by atoms with van der Waals surface area (Å²) >= 11 is 3.50. The fourth-order valence-electron chi connectivity index (χ4n) is 1.44. The van der Waals surface area contributed by atoms with Gasteiger partial charge in [0.2, 0.25) is 0 Å². The lowest BCUT2D eigenvalue weighted by Gasteiger charge is -2.13. The Morgan fingerprint density at radius 1 is 1.35 bits per heavy atom. The second-order valence-corrected chi connectivity index (χ2v) is 4.32. The molecule has 1 aromatic rings. The Bertz CT molecular complexity index is 334. The molecule has 1 aromatic carbocycles. The molecule has 0 saturated heterocycles. The molecule has 0 aliphatic rings. The van der Waals surface area contributed by atoms with Crippen LogP contribution in [0.25, 0.3) is 0 Å². The third-order valence-electron chi connectivity index (χ3n) is 2.21. The van der Waals surface area contributed by atoms with Crippen LogP contribution in [-0.2, 0) is 16.1 Å². The van der Waals surface area contributed by atoms with E-state index in [4.69, 9.17) is 14.6 Å². The van der Waals surface area contributed by atoms with Crippen molar-refractivity contribution in [3.8, 4) is 0 Å². The summed E-state index contributed by atoms with van der Waals surface area (Å²) in [6, 6.07) is 5.97. The van der Waals surface area contributed by atoms with Crippen LogP contribution in [0.3, 0.4) is 0 Å². The predicted octanol–water partition coefficient (Wildman–Crippen LogP) is 2.02. The molecule has 4 nitrogen and oxygen atoms in total. The van der Waals surface area contributed by atoms with Gasteiger partial charge in [0.05, 0.1) is 26.4 Å². The zero-order chi connectivity index (χ0) is 12.5. The largest absolute Gasteiger partial charge is 0.394 e. The van der Waals surface area contributed by atoms with E-state index in [1.54, 1.807) is 7.11 Å². The summed E-state index contributed by atoms with van der Waals surface area (Å²) in [6.07, 6.45) is 0. The van der Waals surface area contributed by atoms with Crippen molar-refractivity contribution in [2.45, 2.75) is 6.61 Å². The van der Waals surface area contributed by atoms with Gasteiger partial charge in [-0.05, 0) is 12.1 Å². The van der Waals surface area contributed by atoms with Crippen LogP contribution >= 0.6 is 15.9 Å². The van der Waals surface area contributed by atoms with Gasteiger partial charge in [-0.3, -0.25) is 0 Å². The Balaban J connectivity index is 2.48. The van der Waals surface area contributed by atoms with Crippen molar-refractivity contribution >= 4 is 21.6 Å². The SMILES string of the molecule is COCc1c(Br)cccc1NCCOCCO. The quantitative estimate of drug-likeness (QED) is 0.722. The summed E-state index contributed by atoms with van der Waals surface area (Å²) in [5.74, 6) is 0. The molecule has 0 heterocycles. The summed E-state index contributed by atoms with van der Waals surface area (Å²) < 4.78 is 11.4. The Morgan fingerprint density at radius 3 is 2.88 bits per heavy atom. The van der Waals surface area contributed by atoms with Crippen LogP contribution in [0, 0.1) is 0 Å². The van der Waals surface area contributed by atoms with E-state index in [-0.39, 0.29) is 6.61 Å². The molecular weight excluding hydrogens is 286 g/mol. The number of benzene rings is 1. The van der Waals surface area contributed by atoms with Gasteiger partial charge in [-0.25, -0.2) is 0 Å². The fourth-order valence-corrected chi connectivity index (χ4v) is 1.92. The molecule has 0 radical (unpaired) electrons. The molecule has 96 valence electrons. The number of ether oxygens (including phenoxy) is 2. The maximum Gasteiger partial charge on any atom is 0.0744 e. The summed E-state index contributed by atoms with van der Waals surface area (Å²) in [5.41, 5.74) is 2.13. The molecule has 0 atom stereocenters. The highest BCUT2D eigenvalue weighted by Gasteiger charge is 2.05. The Labute approximate surface area is 110 Å². The molecule has 0 aliphatic heterocycles. The first-order chi connectivity index (χ1) is 8.29. The van der Waals surface area contributed by atoms with E-state index >= 15 is 0 Å². The van der Waals surface area contributed by atoms with Crippen LogP contribution in [0.2, 0.25) is 0 Å². The summed E-state index contributed by atoms with van der Waals surface area (Å²) in [7, 11) is 1.67. The van der Waals surface area contributed by atoms with Crippen LogP contribution in [-0.4, -0.2) is 38.6 Å². The van der Waals surface area contributed by atoms with Crippen molar-refractivity contribution in [1.29, 1.82) is 0 Å². The van der Waals surface area contributed by atoms with E-state index in [0.29, 0.717) is 26.4 Å². The zero-order valence-corrected chi connectivity index (χ0v) is 11.5. The van der Waals surface area contributed by atoms with Crippen LogP contribution < -0.4 is 5.32 Å². The minimum absolute atomic E-state index is 0.0613. The number of methoxy groups -OCH3 is 1. The fraction of sp³-hybridized carbons (Fsp3) is 0.500. The third-order valence-corrected chi connectivity index (χ3v) is 2.95. The molecule has 0 spiro atoms. The van der Waals surface area contributed by atoms with Gasteiger partial charge in [0.15, 0.2) is 0 Å². The average molecular weight is 304 g/mol. The van der Waals surface area contributed by atoms with Gasteiger partial charge in [0.1, 0.15) is 0 Å². The van der Waals surface area contributed by atoms with Gasteiger partial charge in [-0.15, -0.1) is 0 Å². The molecule has 0 amide bonds. The molecule has 0 unspecified atom stereocenters. The maximum absolute atomic E-state index is 8.56. The number of anilines is 1. The van der Waals surface area contributed by atoms with Crippen LogP contribution in [0.4, 0.5) is 5.69 Å². The first-order valence-electron chi connectivity index (χ1n) is 5.48. The monoisotopic (exact) mass is 303 g/mol. The second-order valence-electron chi connectivity index (χ2n) is 3.46. The molecule has 0 saturated carbocycles. The Morgan fingerprint density at radius 2 is 2.18 bits per heavy atom. The van der Waals surface area contributed by atoms with Gasteiger partial charge in [-0.1, -0.05) is 22.0 Å². The van der Waals surface area contributed by atoms with Crippen LogP contribution in [0.15, 0.2) is 22.7 Å². The zero-order valence-electron chi connectivity index (χ0n) is 9.91. The molecule has 2 N–H and O–H groups in total. The van der Waals surface area contributed by atoms with E-state index in [9.17, 15) is 0 Å². The van der Waals surface area contributed by atoms with Crippen molar-refractivity contribution < 1.29 is 14.6 Å². The lowest BCUT2D eigenvalue weighted by atomic mass is 10.2. The van der Waals surface area contributed by atoms with Crippen molar-refractivity contribution in [3.63, 3.8) is 0 Å². The first-order valence-corrected chi connectivity index (χ1v) is 6.27. The van der Waals surface area contributed by atoms with Gasteiger partial charge < -0.3 is 19.9 Å². The molecular formula is C12H18BrNO3. The molecule has 0 bridgehead atoms. The maximum atomic E-state index is 8.56. The Kier molecular flexibility index (Phi) is 7.19. The number of hydrogen-bond donors (Lipinski definition) is 2. The number of rotatable bonds is 8. The normalized spacial score (nSPS) is 10.5. The smallest absolute Gasteiger partial charge is 0.0744 e. The minimum Gasteiger partial charge on any atom is -0.394 e. The van der Waals surface area contributed by atoms with E-state index in [2.05, 4.69) is 21.2 Å². The summed E-state index contributed by atoms with van der Waals surface area (Å²) in [4.78, 5) is 0. The highest BCUT2D eigenvalue weighted by atomic mass is 79.9. The lowest BCUT2D eigenvalue weighted by molar-refractivity contribution is 0.0992. The van der Waals surface area contributed by atoms with Gasteiger partial charge >= 0.3 is 0 Å². The number of nitrogens with one attached hydrogen (secondary N) is 1. The molecule has 5 heteroatoms. The summed E-state index contributed by atoms with van der Waals surface area (Å²) in [5, 5.41) is 11.8. The van der Waals surface area contributed by atoms with E-state index in [0.717, 1.165) is 15.7 Å². The predicted molar refractivity (Wildman–Crippen MR) is 71.2 cm³/mol. The number of hydrogen-bond acceptors (Lipinski definition) is 4. The summed E-state index contributed by atoms with van der Waals surface area (Å²) in [6.45, 7) is 2.27. The second kappa shape index (κ2) is 8.47. The molecule has 1 rings (SSSR count). The van der Waals surface area contributed by atoms with Crippen LogP contribution in [0.5, 0.6) is 0 Å². The molecule has 0 fully saturated rings. The highest BCUT2D eigenvalue weighted by molar-refractivity contribution is 9.10. The number of aliphatic hydroxyl groups excluding tert-OH is 1. The topological polar surface area (TPSA) is 50.7 Å². The van der Waals surface area contributed by atoms with E-state index < -0.39 is 0 Å². The molecule has 17 heavy (non-hydrogen) atoms. The van der Waals surface area contributed by atoms with Gasteiger partial charge in [0.25, 0.3) is 0 Å². The van der Waals surface area contributed by atoms with Gasteiger partial charge in [0, 0.05) is 29.4 Å². The first kappa shape index (κ1) is 14.4. The van der Waals surface area contributed by atoms with Crippen molar-refractivity contribution in [2.75, 3.05) is 38.8 Å². The molecule has 0 aromatic heterocycles. The minimum atomic E-state index is 0.0613. The van der Waals surface area contributed by atoms with E-state index in [1.165, 1.54) is 0 Å². The van der Waals surface area contributed by atoms with Crippen molar-refractivity contribution in [3.05, 3.63) is 28.2 Å². The van der Waals surface area contributed by atoms with Crippen molar-refractivity contribution in [2.24, 2.45) is 0 Å². The van der Waals surface area contributed by atoms with E-state index in [1.807, 2.05) is 18.2 Å². The van der Waals surface area contributed by atoms with Gasteiger partial charge in [-0.2, -0.15) is 0 Å². The number of aliphatic hydroxyl groups is 1. The number of halogens is 1. The lowest BCUT2D eigenvalue weighted by Crippen LogP contribution is -2.12. The standard InChI is InChI=1S/C12H18BrNO3/c1-16-9-10-11(13)3-2-4-12(10)14-5-7-17-8-6-15/h2-4,14-15H,5-9H2,1H3.